The molecule has 2 N–H and O–H groups in total. The second kappa shape index (κ2) is 7.24. The van der Waals surface area contributed by atoms with Gasteiger partial charge >= 0.3 is 5.97 Å². The molecule has 0 bridgehead atoms. The molecule has 1 amide bonds. The van der Waals surface area contributed by atoms with E-state index in [0.717, 1.165) is 0 Å². The molecule has 6 nitrogen and oxygen atoms in total. The predicted molar refractivity (Wildman–Crippen MR) is 83.3 cm³/mol. The first kappa shape index (κ1) is 17.9. The van der Waals surface area contributed by atoms with E-state index in [-0.39, 0.29) is 24.3 Å². The minimum atomic E-state index is -1.05. The topological polar surface area (TPSA) is 90.5 Å². The molecule has 0 aliphatic heterocycles. The summed E-state index contributed by atoms with van der Waals surface area (Å²) in [6.45, 7) is 8.44. The Morgan fingerprint density at radius 2 is 1.86 bits per heavy atom. The number of carboxylic acid groups (broad SMARTS) is 1. The van der Waals surface area contributed by atoms with Gasteiger partial charge in [0.15, 0.2) is 5.78 Å². The van der Waals surface area contributed by atoms with Crippen LogP contribution in [0, 0.1) is 6.92 Å². The number of ketones is 1. The number of aryl methyl sites for hydroxylation is 1. The summed E-state index contributed by atoms with van der Waals surface area (Å²) in [6.07, 6.45) is 1.18. The van der Waals surface area contributed by atoms with E-state index in [4.69, 9.17) is 5.11 Å². The first-order chi connectivity index (χ1) is 10.2. The van der Waals surface area contributed by atoms with Crippen molar-refractivity contribution in [3.63, 3.8) is 0 Å². The van der Waals surface area contributed by atoms with E-state index in [0.29, 0.717) is 35.4 Å². The fraction of sp³-hybridized carbons (Fsp3) is 0.562. The molecule has 0 radical (unpaired) electrons. The molecular weight excluding hydrogens is 284 g/mol. The number of carbonyl (C=O) groups is 3. The molecular formula is C16H24N2O4. The van der Waals surface area contributed by atoms with Crippen LogP contribution < -0.4 is 0 Å². The maximum atomic E-state index is 12.8. The van der Waals surface area contributed by atoms with Gasteiger partial charge in [0.2, 0.25) is 0 Å². The Bertz CT molecular complexity index is 589. The molecule has 1 heterocycles. The molecule has 122 valence electrons. The number of aromatic amines is 1. The fourth-order valence-electron chi connectivity index (χ4n) is 2.63. The monoisotopic (exact) mass is 308 g/mol. The molecule has 1 aromatic heterocycles. The largest absolute Gasteiger partial charge is 0.480 e. The van der Waals surface area contributed by atoms with Gasteiger partial charge in [0.1, 0.15) is 12.2 Å². The minimum absolute atomic E-state index is 0.0991. The maximum Gasteiger partial charge on any atom is 0.323 e. The number of hydrogen-bond acceptors (Lipinski definition) is 3. The Hall–Kier alpha value is -2.11. The van der Waals surface area contributed by atoms with Crippen LogP contribution in [-0.2, 0) is 11.2 Å². The first-order valence-electron chi connectivity index (χ1n) is 7.49. The third-order valence-electron chi connectivity index (χ3n) is 3.90. The number of amides is 1. The summed E-state index contributed by atoms with van der Waals surface area (Å²) in [4.78, 5) is 39.9. The van der Waals surface area contributed by atoms with Crippen LogP contribution in [0.25, 0.3) is 0 Å². The molecule has 0 spiro atoms. The molecule has 0 saturated heterocycles. The standard InChI is InChI=1S/C16H24N2O4/c1-6-9(3)18(8-13(20)21)16(22)15-12(7-2)14(11(5)19)10(4)17-15/h9,17H,6-8H2,1-5H3,(H,20,21). The molecule has 1 rings (SSSR count). The number of aromatic nitrogens is 1. The number of nitrogens with one attached hydrogen (secondary N) is 1. The summed E-state index contributed by atoms with van der Waals surface area (Å²) in [5.41, 5.74) is 2.16. The Labute approximate surface area is 130 Å². The van der Waals surface area contributed by atoms with Crippen molar-refractivity contribution in [3.05, 3.63) is 22.5 Å². The van der Waals surface area contributed by atoms with E-state index >= 15 is 0 Å². The summed E-state index contributed by atoms with van der Waals surface area (Å²) < 4.78 is 0. The summed E-state index contributed by atoms with van der Waals surface area (Å²) in [5.74, 6) is -1.52. The van der Waals surface area contributed by atoms with Crippen molar-refractivity contribution in [2.45, 2.75) is 53.5 Å². The molecule has 0 fully saturated rings. The second-order valence-corrected chi connectivity index (χ2v) is 5.47. The highest BCUT2D eigenvalue weighted by molar-refractivity contribution is 6.03. The molecule has 0 aromatic carbocycles. The lowest BCUT2D eigenvalue weighted by Crippen LogP contribution is -2.42. The summed E-state index contributed by atoms with van der Waals surface area (Å²) in [6, 6.07) is -0.197. The van der Waals surface area contributed by atoms with Crippen LogP contribution in [0.1, 0.15) is 66.2 Å². The Balaban J connectivity index is 3.33. The van der Waals surface area contributed by atoms with E-state index in [2.05, 4.69) is 4.98 Å². The van der Waals surface area contributed by atoms with Gasteiger partial charge in [-0.1, -0.05) is 13.8 Å². The normalized spacial score (nSPS) is 12.0. The van der Waals surface area contributed by atoms with Gasteiger partial charge in [-0.2, -0.15) is 0 Å². The maximum absolute atomic E-state index is 12.8. The third kappa shape index (κ3) is 3.55. The van der Waals surface area contributed by atoms with Crippen LogP contribution in [0.4, 0.5) is 0 Å². The number of H-pyrrole nitrogens is 1. The number of rotatable bonds is 7. The SMILES string of the molecule is CCc1c(C(=O)N(CC(=O)O)C(C)CC)[nH]c(C)c1C(C)=O. The first-order valence-corrected chi connectivity index (χ1v) is 7.49. The minimum Gasteiger partial charge on any atom is -0.480 e. The fourth-order valence-corrected chi connectivity index (χ4v) is 2.63. The molecule has 0 aliphatic carbocycles. The number of Topliss-reactive ketones (excluding diaryl/α,β-unsaturated/α-hetero) is 1. The highest BCUT2D eigenvalue weighted by Gasteiger charge is 2.28. The van der Waals surface area contributed by atoms with E-state index in [1.807, 2.05) is 20.8 Å². The quantitative estimate of drug-likeness (QED) is 0.757. The van der Waals surface area contributed by atoms with Crippen molar-refractivity contribution in [2.75, 3.05) is 6.54 Å². The highest BCUT2D eigenvalue weighted by atomic mass is 16.4. The number of carboxylic acids is 1. The van der Waals surface area contributed by atoms with Crippen LogP contribution in [0.3, 0.4) is 0 Å². The number of hydrogen-bond donors (Lipinski definition) is 2. The van der Waals surface area contributed by atoms with Gasteiger partial charge in [-0.15, -0.1) is 0 Å². The molecule has 1 aromatic rings. The summed E-state index contributed by atoms with van der Waals surface area (Å²) >= 11 is 0. The molecule has 6 heteroatoms. The predicted octanol–water partition coefficient (Wildman–Crippen LogP) is 2.41. The smallest absolute Gasteiger partial charge is 0.323 e. The molecule has 1 atom stereocenters. The van der Waals surface area contributed by atoms with Gasteiger partial charge < -0.3 is 15.0 Å². The van der Waals surface area contributed by atoms with Crippen molar-refractivity contribution >= 4 is 17.7 Å². The van der Waals surface area contributed by atoms with E-state index in [1.54, 1.807) is 6.92 Å². The van der Waals surface area contributed by atoms with Crippen molar-refractivity contribution in [3.8, 4) is 0 Å². The molecule has 0 aliphatic rings. The number of aliphatic carboxylic acids is 1. The number of carbonyl (C=O) groups excluding carboxylic acids is 2. The van der Waals surface area contributed by atoms with Gasteiger partial charge in [0, 0.05) is 17.3 Å². The van der Waals surface area contributed by atoms with Crippen LogP contribution in [0.5, 0.6) is 0 Å². The van der Waals surface area contributed by atoms with Gasteiger partial charge in [0.05, 0.1) is 0 Å². The second-order valence-electron chi connectivity index (χ2n) is 5.47. The van der Waals surface area contributed by atoms with Gasteiger partial charge in [-0.25, -0.2) is 0 Å². The van der Waals surface area contributed by atoms with E-state index in [9.17, 15) is 14.4 Å². The Kier molecular flexibility index (Phi) is 5.91. The van der Waals surface area contributed by atoms with Gasteiger partial charge in [-0.05, 0) is 39.2 Å². The molecule has 22 heavy (non-hydrogen) atoms. The van der Waals surface area contributed by atoms with Crippen molar-refractivity contribution in [2.24, 2.45) is 0 Å². The summed E-state index contributed by atoms with van der Waals surface area (Å²) in [7, 11) is 0. The van der Waals surface area contributed by atoms with Crippen LogP contribution in [0.15, 0.2) is 0 Å². The molecule has 1 unspecified atom stereocenters. The lowest BCUT2D eigenvalue weighted by Gasteiger charge is -2.27. The van der Waals surface area contributed by atoms with Crippen molar-refractivity contribution in [1.29, 1.82) is 0 Å². The average molecular weight is 308 g/mol. The van der Waals surface area contributed by atoms with E-state index < -0.39 is 5.97 Å². The highest BCUT2D eigenvalue weighted by Crippen LogP contribution is 2.22. The lowest BCUT2D eigenvalue weighted by molar-refractivity contribution is -0.138. The zero-order chi connectivity index (χ0) is 17.0. The Morgan fingerprint density at radius 3 is 2.27 bits per heavy atom. The Morgan fingerprint density at radius 1 is 1.27 bits per heavy atom. The lowest BCUT2D eigenvalue weighted by atomic mass is 10.0. The number of nitrogens with zero attached hydrogens (tertiary/aromatic N) is 1. The zero-order valence-corrected chi connectivity index (χ0v) is 13.8. The van der Waals surface area contributed by atoms with Crippen LogP contribution in [-0.4, -0.2) is 45.2 Å². The third-order valence-corrected chi connectivity index (χ3v) is 3.90. The van der Waals surface area contributed by atoms with Crippen molar-refractivity contribution in [1.82, 2.24) is 9.88 Å². The van der Waals surface area contributed by atoms with E-state index in [1.165, 1.54) is 11.8 Å². The van der Waals surface area contributed by atoms with Gasteiger partial charge in [-0.3, -0.25) is 14.4 Å². The summed E-state index contributed by atoms with van der Waals surface area (Å²) in [5, 5.41) is 9.04. The average Bonchev–Trinajstić information content (AvgIpc) is 2.79. The van der Waals surface area contributed by atoms with Crippen molar-refractivity contribution < 1.29 is 19.5 Å². The van der Waals surface area contributed by atoms with Crippen LogP contribution in [0.2, 0.25) is 0 Å². The zero-order valence-electron chi connectivity index (χ0n) is 13.8. The molecule has 0 saturated carbocycles. The van der Waals surface area contributed by atoms with Gasteiger partial charge in [0.25, 0.3) is 5.91 Å². The van der Waals surface area contributed by atoms with Crippen LogP contribution >= 0.6 is 0 Å².